The lowest BCUT2D eigenvalue weighted by Crippen LogP contribution is -2.39. The zero-order valence-electron chi connectivity index (χ0n) is 17.0. The van der Waals surface area contributed by atoms with Crippen LogP contribution in [0.5, 0.6) is 5.75 Å². The molecule has 0 spiro atoms. The third-order valence-electron chi connectivity index (χ3n) is 5.29. The van der Waals surface area contributed by atoms with Crippen molar-refractivity contribution in [3.8, 4) is 17.0 Å². The molecule has 0 aliphatic carbocycles. The van der Waals surface area contributed by atoms with E-state index < -0.39 is 9.84 Å². The fourth-order valence-electron chi connectivity index (χ4n) is 3.58. The van der Waals surface area contributed by atoms with E-state index >= 15 is 0 Å². The predicted molar refractivity (Wildman–Crippen MR) is 114 cm³/mol. The number of aromatic nitrogens is 2. The summed E-state index contributed by atoms with van der Waals surface area (Å²) in [5, 5.41) is 0. The zero-order valence-corrected chi connectivity index (χ0v) is 17.9. The average Bonchev–Trinajstić information content (AvgIpc) is 3.24. The van der Waals surface area contributed by atoms with Crippen molar-refractivity contribution in [2.75, 3.05) is 33.1 Å². The van der Waals surface area contributed by atoms with Crippen molar-refractivity contribution in [2.45, 2.75) is 17.5 Å². The molecule has 1 N–H and O–H groups in total. The fraction of sp³-hybridized carbons (Fsp3) is 0.318. The van der Waals surface area contributed by atoms with Crippen molar-refractivity contribution < 1.29 is 17.9 Å². The maximum atomic E-state index is 11.7. The minimum absolute atomic E-state index is 0.0184. The summed E-state index contributed by atoms with van der Waals surface area (Å²) in [6.45, 7) is 2.86. The molecule has 1 atom stereocenters. The van der Waals surface area contributed by atoms with Crippen LogP contribution in [0.4, 0.5) is 0 Å². The van der Waals surface area contributed by atoms with E-state index in [1.54, 1.807) is 37.6 Å². The standard InChI is InChI=1S/C22H25N3O4S/c1-28-18-7-3-16(4-8-18)14-25-11-12-29-15-21(25)22-23-13-20(24-22)17-5-9-19(10-6-17)30(2,26)27/h3-10,13,21H,11-12,14-15H2,1-2H3,(H,23,24)/t21-/m0/s1. The van der Waals surface area contributed by atoms with Crippen LogP contribution in [-0.4, -0.2) is 56.4 Å². The SMILES string of the molecule is COc1ccc(CN2CCOC[C@H]2c2ncc(-c3ccc(S(C)(=O)=O)cc3)[nH]2)cc1. The second-order valence-electron chi connectivity index (χ2n) is 7.39. The first-order valence-corrected chi connectivity index (χ1v) is 11.6. The molecule has 7 nitrogen and oxygen atoms in total. The highest BCUT2D eigenvalue weighted by Crippen LogP contribution is 2.27. The van der Waals surface area contributed by atoms with Gasteiger partial charge in [-0.1, -0.05) is 24.3 Å². The average molecular weight is 428 g/mol. The first-order chi connectivity index (χ1) is 14.4. The number of morpholine rings is 1. The number of hydrogen-bond donors (Lipinski definition) is 1. The van der Waals surface area contributed by atoms with Crippen LogP contribution in [0.1, 0.15) is 17.4 Å². The predicted octanol–water partition coefficient (Wildman–Crippen LogP) is 3.06. The van der Waals surface area contributed by atoms with Gasteiger partial charge in [0.05, 0.1) is 43.2 Å². The van der Waals surface area contributed by atoms with Gasteiger partial charge in [0.2, 0.25) is 0 Å². The van der Waals surface area contributed by atoms with Gasteiger partial charge in [0, 0.05) is 19.3 Å². The molecule has 0 bridgehead atoms. The molecule has 1 aromatic heterocycles. The molecule has 0 radical (unpaired) electrons. The van der Waals surface area contributed by atoms with E-state index in [0.717, 1.165) is 35.9 Å². The van der Waals surface area contributed by atoms with Gasteiger partial charge in [-0.05, 0) is 35.4 Å². The van der Waals surface area contributed by atoms with Gasteiger partial charge >= 0.3 is 0 Å². The molecule has 1 fully saturated rings. The molecular weight excluding hydrogens is 402 g/mol. The quantitative estimate of drug-likeness (QED) is 0.651. The van der Waals surface area contributed by atoms with Crippen LogP contribution in [0.3, 0.4) is 0 Å². The molecule has 2 heterocycles. The highest BCUT2D eigenvalue weighted by molar-refractivity contribution is 7.90. The molecule has 4 rings (SSSR count). The highest BCUT2D eigenvalue weighted by Gasteiger charge is 2.27. The third kappa shape index (κ3) is 4.56. The van der Waals surface area contributed by atoms with Crippen molar-refractivity contribution in [1.29, 1.82) is 0 Å². The van der Waals surface area contributed by atoms with E-state index in [1.807, 2.05) is 12.1 Å². The summed E-state index contributed by atoms with van der Waals surface area (Å²) >= 11 is 0. The van der Waals surface area contributed by atoms with Crippen LogP contribution >= 0.6 is 0 Å². The third-order valence-corrected chi connectivity index (χ3v) is 6.42. The van der Waals surface area contributed by atoms with Crippen LogP contribution in [0.2, 0.25) is 0 Å². The van der Waals surface area contributed by atoms with Gasteiger partial charge in [0.15, 0.2) is 9.84 Å². The van der Waals surface area contributed by atoms with Crippen LogP contribution in [-0.2, 0) is 21.1 Å². The number of hydrogen-bond acceptors (Lipinski definition) is 6. The molecule has 158 valence electrons. The van der Waals surface area contributed by atoms with Crippen molar-refractivity contribution in [3.63, 3.8) is 0 Å². The molecule has 1 aliphatic heterocycles. The molecule has 1 saturated heterocycles. The number of nitrogens with one attached hydrogen (secondary N) is 1. The van der Waals surface area contributed by atoms with Gasteiger partial charge in [-0.3, -0.25) is 4.90 Å². The monoisotopic (exact) mass is 427 g/mol. The lowest BCUT2D eigenvalue weighted by atomic mass is 10.1. The zero-order chi connectivity index (χ0) is 21.1. The first-order valence-electron chi connectivity index (χ1n) is 9.74. The van der Waals surface area contributed by atoms with Gasteiger partial charge in [0.25, 0.3) is 0 Å². The Morgan fingerprint density at radius 1 is 1.17 bits per heavy atom. The first kappa shape index (κ1) is 20.6. The summed E-state index contributed by atoms with van der Waals surface area (Å²) in [6.07, 6.45) is 2.99. The lowest BCUT2D eigenvalue weighted by molar-refractivity contribution is -0.0156. The maximum Gasteiger partial charge on any atom is 0.175 e. The Hall–Kier alpha value is -2.68. The smallest absolute Gasteiger partial charge is 0.175 e. The Bertz CT molecular complexity index is 1090. The van der Waals surface area contributed by atoms with E-state index in [9.17, 15) is 8.42 Å². The number of ether oxygens (including phenoxy) is 2. The summed E-state index contributed by atoms with van der Waals surface area (Å²) in [5.74, 6) is 1.68. The Labute approximate surface area is 176 Å². The largest absolute Gasteiger partial charge is 0.497 e. The summed E-state index contributed by atoms with van der Waals surface area (Å²) in [7, 11) is -1.55. The number of nitrogens with zero attached hydrogens (tertiary/aromatic N) is 2. The minimum Gasteiger partial charge on any atom is -0.497 e. The van der Waals surface area contributed by atoms with Crippen molar-refractivity contribution in [2.24, 2.45) is 0 Å². The number of imidazole rings is 1. The number of rotatable bonds is 6. The Kier molecular flexibility index (Phi) is 5.90. The molecule has 1 aliphatic rings. The molecule has 8 heteroatoms. The Morgan fingerprint density at radius 3 is 2.57 bits per heavy atom. The van der Waals surface area contributed by atoms with E-state index in [2.05, 4.69) is 27.0 Å². The summed E-state index contributed by atoms with van der Waals surface area (Å²) in [5.41, 5.74) is 2.94. The second kappa shape index (κ2) is 8.59. The second-order valence-corrected chi connectivity index (χ2v) is 9.40. The van der Waals surface area contributed by atoms with E-state index in [4.69, 9.17) is 9.47 Å². The maximum absolute atomic E-state index is 11.7. The molecule has 2 aromatic carbocycles. The van der Waals surface area contributed by atoms with Crippen LogP contribution in [0, 0.1) is 0 Å². The number of methoxy groups -OCH3 is 1. The topological polar surface area (TPSA) is 84.5 Å². The van der Waals surface area contributed by atoms with Crippen molar-refractivity contribution in [1.82, 2.24) is 14.9 Å². The van der Waals surface area contributed by atoms with Crippen LogP contribution < -0.4 is 4.74 Å². The summed E-state index contributed by atoms with van der Waals surface area (Å²) in [6, 6.07) is 14.9. The molecule has 30 heavy (non-hydrogen) atoms. The van der Waals surface area contributed by atoms with Crippen molar-refractivity contribution >= 4 is 9.84 Å². The van der Waals surface area contributed by atoms with Gasteiger partial charge in [-0.2, -0.15) is 0 Å². The van der Waals surface area contributed by atoms with E-state index in [1.165, 1.54) is 11.8 Å². The molecule has 3 aromatic rings. The van der Waals surface area contributed by atoms with E-state index in [0.29, 0.717) is 18.1 Å². The van der Waals surface area contributed by atoms with Gasteiger partial charge < -0.3 is 14.5 Å². The number of aromatic amines is 1. The van der Waals surface area contributed by atoms with Gasteiger partial charge in [0.1, 0.15) is 11.6 Å². The molecule has 0 unspecified atom stereocenters. The minimum atomic E-state index is -3.21. The normalized spacial score (nSPS) is 17.7. The van der Waals surface area contributed by atoms with Gasteiger partial charge in [-0.15, -0.1) is 0 Å². The Balaban J connectivity index is 1.52. The highest BCUT2D eigenvalue weighted by atomic mass is 32.2. The van der Waals surface area contributed by atoms with Crippen LogP contribution in [0.25, 0.3) is 11.3 Å². The number of sulfone groups is 1. The molecule has 0 saturated carbocycles. The number of benzene rings is 2. The number of H-pyrrole nitrogens is 1. The summed E-state index contributed by atoms with van der Waals surface area (Å²) in [4.78, 5) is 10.6. The molecular formula is C22H25N3O4S. The van der Waals surface area contributed by atoms with Gasteiger partial charge in [-0.25, -0.2) is 13.4 Å². The Morgan fingerprint density at radius 2 is 1.90 bits per heavy atom. The lowest BCUT2D eigenvalue weighted by Gasteiger charge is -2.34. The molecule has 0 amide bonds. The summed E-state index contributed by atoms with van der Waals surface area (Å²) < 4.78 is 34.3. The fourth-order valence-corrected chi connectivity index (χ4v) is 4.21. The van der Waals surface area contributed by atoms with E-state index in [-0.39, 0.29) is 6.04 Å². The van der Waals surface area contributed by atoms with Crippen molar-refractivity contribution in [3.05, 3.63) is 66.1 Å². The van der Waals surface area contributed by atoms with Crippen LogP contribution in [0.15, 0.2) is 59.6 Å².